The lowest BCUT2D eigenvalue weighted by molar-refractivity contribution is -0.128. The molecule has 0 fully saturated rings. The van der Waals surface area contributed by atoms with Crippen LogP contribution in [0.2, 0.25) is 0 Å². The molecule has 0 heterocycles. The summed E-state index contributed by atoms with van der Waals surface area (Å²) in [6.45, 7) is 6.11. The van der Waals surface area contributed by atoms with E-state index in [1.807, 2.05) is 37.3 Å². The molecular formula is C15H23NO2. The van der Waals surface area contributed by atoms with Crippen LogP contribution >= 0.6 is 0 Å². The van der Waals surface area contributed by atoms with E-state index in [1.165, 1.54) is 0 Å². The fourth-order valence-electron chi connectivity index (χ4n) is 1.77. The van der Waals surface area contributed by atoms with Crippen molar-refractivity contribution in [3.05, 3.63) is 30.3 Å². The van der Waals surface area contributed by atoms with Crippen LogP contribution in [0.15, 0.2) is 30.3 Å². The maximum atomic E-state index is 12.1. The Morgan fingerprint density at radius 3 is 2.22 bits per heavy atom. The maximum Gasteiger partial charge on any atom is 0.261 e. The first kappa shape index (κ1) is 14.6. The van der Waals surface area contributed by atoms with E-state index in [-0.39, 0.29) is 11.9 Å². The molecule has 1 rings (SSSR count). The molecule has 100 valence electrons. The first-order valence-corrected chi connectivity index (χ1v) is 6.73. The normalized spacial score (nSPS) is 12.2. The van der Waals surface area contributed by atoms with Gasteiger partial charge in [0, 0.05) is 6.04 Å². The van der Waals surface area contributed by atoms with E-state index in [9.17, 15) is 4.79 Å². The number of benzene rings is 1. The smallest absolute Gasteiger partial charge is 0.261 e. The molecule has 3 heteroatoms. The van der Waals surface area contributed by atoms with Gasteiger partial charge in [-0.2, -0.15) is 0 Å². The second kappa shape index (κ2) is 7.75. The Bertz CT molecular complexity index is 347. The predicted molar refractivity (Wildman–Crippen MR) is 73.7 cm³/mol. The van der Waals surface area contributed by atoms with Gasteiger partial charge in [0.2, 0.25) is 0 Å². The number of nitrogens with one attached hydrogen (secondary N) is 1. The number of hydrogen-bond donors (Lipinski definition) is 1. The van der Waals surface area contributed by atoms with E-state index >= 15 is 0 Å². The Hall–Kier alpha value is -1.51. The Labute approximate surface area is 110 Å². The number of rotatable bonds is 7. The van der Waals surface area contributed by atoms with Crippen LogP contribution in [0, 0.1) is 0 Å². The van der Waals surface area contributed by atoms with Gasteiger partial charge in [0.05, 0.1) is 0 Å². The molecular weight excluding hydrogens is 226 g/mol. The quantitative estimate of drug-likeness (QED) is 0.806. The number of carbonyl (C=O) groups is 1. The monoisotopic (exact) mass is 249 g/mol. The van der Waals surface area contributed by atoms with Crippen molar-refractivity contribution in [1.29, 1.82) is 0 Å². The zero-order chi connectivity index (χ0) is 13.4. The molecule has 1 aromatic rings. The summed E-state index contributed by atoms with van der Waals surface area (Å²) in [7, 11) is 0. The maximum absolute atomic E-state index is 12.1. The molecule has 0 spiro atoms. The molecule has 1 atom stereocenters. The Kier molecular flexibility index (Phi) is 6.26. The third kappa shape index (κ3) is 4.40. The van der Waals surface area contributed by atoms with Crippen LogP contribution in [0.1, 0.15) is 40.0 Å². The third-order valence-corrected chi connectivity index (χ3v) is 3.02. The highest BCUT2D eigenvalue weighted by Gasteiger charge is 2.20. The summed E-state index contributed by atoms with van der Waals surface area (Å²) in [5.74, 6) is 0.721. The van der Waals surface area contributed by atoms with Gasteiger partial charge >= 0.3 is 0 Å². The van der Waals surface area contributed by atoms with Crippen LogP contribution < -0.4 is 10.1 Å². The summed E-state index contributed by atoms with van der Waals surface area (Å²) in [4.78, 5) is 12.1. The molecule has 0 radical (unpaired) electrons. The van der Waals surface area contributed by atoms with Crippen LogP contribution in [-0.4, -0.2) is 18.1 Å². The van der Waals surface area contributed by atoms with Crippen LogP contribution in [0.25, 0.3) is 0 Å². The molecule has 0 aliphatic rings. The van der Waals surface area contributed by atoms with Gasteiger partial charge in [-0.15, -0.1) is 0 Å². The number of ether oxygens (including phenoxy) is 1. The zero-order valence-electron chi connectivity index (χ0n) is 11.5. The van der Waals surface area contributed by atoms with Crippen molar-refractivity contribution >= 4 is 5.91 Å². The molecule has 0 aromatic heterocycles. The summed E-state index contributed by atoms with van der Waals surface area (Å²) in [6.07, 6.45) is 2.16. The summed E-state index contributed by atoms with van der Waals surface area (Å²) in [5, 5.41) is 3.02. The van der Waals surface area contributed by atoms with Gasteiger partial charge in [-0.25, -0.2) is 0 Å². The first-order valence-electron chi connectivity index (χ1n) is 6.73. The highest BCUT2D eigenvalue weighted by Crippen LogP contribution is 2.13. The molecule has 0 saturated carbocycles. The average molecular weight is 249 g/mol. The van der Waals surface area contributed by atoms with Crippen molar-refractivity contribution < 1.29 is 9.53 Å². The van der Waals surface area contributed by atoms with Crippen molar-refractivity contribution in [3.8, 4) is 5.75 Å². The second-order valence-corrected chi connectivity index (χ2v) is 4.35. The van der Waals surface area contributed by atoms with E-state index in [1.54, 1.807) is 0 Å². The van der Waals surface area contributed by atoms with Gasteiger partial charge in [0.25, 0.3) is 5.91 Å². The van der Waals surface area contributed by atoms with E-state index in [4.69, 9.17) is 4.74 Å². The van der Waals surface area contributed by atoms with Crippen LogP contribution in [0.3, 0.4) is 0 Å². The number of hydrogen-bond acceptors (Lipinski definition) is 2. The van der Waals surface area contributed by atoms with E-state index in [2.05, 4.69) is 19.2 Å². The van der Waals surface area contributed by atoms with E-state index in [0.717, 1.165) is 18.6 Å². The molecule has 1 N–H and O–H groups in total. The van der Waals surface area contributed by atoms with Crippen molar-refractivity contribution in [2.75, 3.05) is 0 Å². The minimum absolute atomic E-state index is 0.0185. The Balaban J connectivity index is 2.58. The van der Waals surface area contributed by atoms with Gasteiger partial charge in [-0.05, 0) is 31.4 Å². The van der Waals surface area contributed by atoms with Crippen molar-refractivity contribution in [2.45, 2.75) is 52.2 Å². The fourth-order valence-corrected chi connectivity index (χ4v) is 1.77. The molecule has 1 amide bonds. The van der Waals surface area contributed by atoms with E-state index < -0.39 is 6.10 Å². The van der Waals surface area contributed by atoms with Gasteiger partial charge in [-0.1, -0.05) is 39.0 Å². The number of para-hydroxylation sites is 1. The standard InChI is InChI=1S/C15H23NO2/c1-4-12(5-2)16-15(17)14(6-3)18-13-10-8-7-9-11-13/h7-12,14H,4-6H2,1-3H3,(H,16,17). The highest BCUT2D eigenvalue weighted by molar-refractivity contribution is 5.81. The summed E-state index contributed by atoms with van der Waals surface area (Å²) in [5.41, 5.74) is 0. The van der Waals surface area contributed by atoms with Crippen molar-refractivity contribution in [1.82, 2.24) is 5.32 Å². The van der Waals surface area contributed by atoms with Gasteiger partial charge in [0.1, 0.15) is 5.75 Å². The van der Waals surface area contributed by atoms with Gasteiger partial charge in [0.15, 0.2) is 6.10 Å². The average Bonchev–Trinajstić information content (AvgIpc) is 2.43. The lowest BCUT2D eigenvalue weighted by Crippen LogP contribution is -2.43. The Morgan fingerprint density at radius 1 is 1.11 bits per heavy atom. The molecule has 0 aliphatic carbocycles. The van der Waals surface area contributed by atoms with E-state index in [0.29, 0.717) is 6.42 Å². The topological polar surface area (TPSA) is 38.3 Å². The SMILES string of the molecule is CCC(CC)NC(=O)C(CC)Oc1ccccc1. The lowest BCUT2D eigenvalue weighted by atomic mass is 10.1. The fraction of sp³-hybridized carbons (Fsp3) is 0.533. The largest absolute Gasteiger partial charge is 0.481 e. The summed E-state index contributed by atoms with van der Waals surface area (Å²) >= 11 is 0. The predicted octanol–water partition coefficient (Wildman–Crippen LogP) is 3.15. The minimum Gasteiger partial charge on any atom is -0.481 e. The van der Waals surface area contributed by atoms with Crippen LogP contribution in [0.5, 0.6) is 5.75 Å². The molecule has 1 unspecified atom stereocenters. The minimum atomic E-state index is -0.409. The summed E-state index contributed by atoms with van der Waals surface area (Å²) in [6, 6.07) is 9.71. The molecule has 1 aromatic carbocycles. The number of amides is 1. The van der Waals surface area contributed by atoms with Crippen LogP contribution in [-0.2, 0) is 4.79 Å². The van der Waals surface area contributed by atoms with Gasteiger partial charge in [-0.3, -0.25) is 4.79 Å². The molecule has 18 heavy (non-hydrogen) atoms. The zero-order valence-corrected chi connectivity index (χ0v) is 11.5. The molecule has 0 bridgehead atoms. The van der Waals surface area contributed by atoms with Crippen molar-refractivity contribution in [3.63, 3.8) is 0 Å². The molecule has 3 nitrogen and oxygen atoms in total. The second-order valence-electron chi connectivity index (χ2n) is 4.35. The molecule has 0 aliphatic heterocycles. The summed E-state index contributed by atoms with van der Waals surface area (Å²) < 4.78 is 5.70. The highest BCUT2D eigenvalue weighted by atomic mass is 16.5. The van der Waals surface area contributed by atoms with Crippen LogP contribution in [0.4, 0.5) is 0 Å². The number of carbonyl (C=O) groups excluding carboxylic acids is 1. The van der Waals surface area contributed by atoms with Crippen molar-refractivity contribution in [2.24, 2.45) is 0 Å². The third-order valence-electron chi connectivity index (χ3n) is 3.02. The van der Waals surface area contributed by atoms with Gasteiger partial charge < -0.3 is 10.1 Å². The lowest BCUT2D eigenvalue weighted by Gasteiger charge is -2.21. The Morgan fingerprint density at radius 2 is 1.72 bits per heavy atom. The first-order chi connectivity index (χ1) is 8.71. The molecule has 0 saturated heterocycles.